The molecule has 0 unspecified atom stereocenters. The Balaban J connectivity index is 1.51. The molecule has 4 atom stereocenters. The topological polar surface area (TPSA) is 168 Å². The van der Waals surface area contributed by atoms with Crippen LogP contribution in [0.1, 0.15) is 45.2 Å². The van der Waals surface area contributed by atoms with Crippen molar-refractivity contribution in [2.75, 3.05) is 5.32 Å². The van der Waals surface area contributed by atoms with E-state index in [4.69, 9.17) is 33.5 Å². The first-order chi connectivity index (χ1) is 17.0. The summed E-state index contributed by atoms with van der Waals surface area (Å²) in [5.74, 6) is -0.637. The van der Waals surface area contributed by atoms with Crippen LogP contribution in [0.2, 0.25) is 9.36 Å². The van der Waals surface area contributed by atoms with E-state index in [0.29, 0.717) is 26.2 Å². The van der Waals surface area contributed by atoms with E-state index in [1.54, 1.807) is 24.3 Å². The molecule has 1 aliphatic carbocycles. The van der Waals surface area contributed by atoms with E-state index in [2.05, 4.69) is 15.3 Å². The first kappa shape index (κ1) is 26.9. The Kier molecular flexibility index (Phi) is 8.27. The zero-order chi connectivity index (χ0) is 26.0. The van der Waals surface area contributed by atoms with Crippen molar-refractivity contribution in [3.63, 3.8) is 0 Å². The number of aliphatic hydroxyl groups excluding tert-OH is 1. The minimum Gasteiger partial charge on any atom is -0.393 e. The third-order valence-electron chi connectivity index (χ3n) is 5.79. The monoisotopic (exact) mass is 570 g/mol. The molecule has 0 saturated heterocycles. The summed E-state index contributed by atoms with van der Waals surface area (Å²) in [6.45, 7) is 1.13. The average molecular weight is 571 g/mol. The van der Waals surface area contributed by atoms with Gasteiger partial charge in [0.25, 0.3) is 0 Å². The summed E-state index contributed by atoms with van der Waals surface area (Å²) in [5.41, 5.74) is 7.93. The number of anilines is 1. The highest BCUT2D eigenvalue weighted by Crippen LogP contribution is 2.36. The molecule has 1 aromatic carbocycles. The molecule has 0 bridgehead atoms. The van der Waals surface area contributed by atoms with E-state index in [0.717, 1.165) is 23.4 Å². The highest BCUT2D eigenvalue weighted by atomic mass is 35.5. The minimum atomic E-state index is -4.42. The number of ketones is 1. The lowest BCUT2D eigenvalue weighted by Gasteiger charge is -2.15. The number of nitrogens with zero attached hydrogens (tertiary/aromatic N) is 2. The Morgan fingerprint density at radius 2 is 2.06 bits per heavy atom. The molecule has 1 saturated carbocycles. The number of nitrogens with two attached hydrogens (primary N) is 1. The van der Waals surface area contributed by atoms with Crippen molar-refractivity contribution < 1.29 is 22.9 Å². The largest absolute Gasteiger partial charge is 0.393 e. The molecular weight excluding hydrogens is 549 g/mol. The highest BCUT2D eigenvalue weighted by molar-refractivity contribution is 7.83. The lowest BCUT2D eigenvalue weighted by molar-refractivity contribution is 0.104. The SMILES string of the molecule is N[C@@H](c1cccc(Cl)c1)c1cc(C(=O)c2cncnc2N[C@H]2C[C@H](O)[C@@H]([CH]NS(=O)(=O)O)C2)sc1Cl. The predicted molar refractivity (Wildman–Crippen MR) is 137 cm³/mol. The standard InChI is InChI=1S/C22H22Cl2N5O5S2/c23-13-3-1-2-11(4-13)19(25)15-7-18(35-21(15)24)20(31)16-9-26-10-27-22(16)29-14-5-12(17(30)6-14)8-28-36(32,33)34/h1-4,7-10,12,14,17,19,28,30H,5-6,25H2,(H,26,27,29)(H,32,33,34)/t12-,14-,17+,19+/m1/s1. The molecule has 2 heterocycles. The van der Waals surface area contributed by atoms with Gasteiger partial charge >= 0.3 is 10.3 Å². The van der Waals surface area contributed by atoms with Crippen molar-refractivity contribution in [2.45, 2.75) is 31.0 Å². The van der Waals surface area contributed by atoms with E-state index < -0.39 is 28.4 Å². The fraction of sp³-hybridized carbons (Fsp3) is 0.273. The molecule has 6 N–H and O–H groups in total. The zero-order valence-corrected chi connectivity index (χ0v) is 21.7. The smallest absolute Gasteiger partial charge is 0.333 e. The summed E-state index contributed by atoms with van der Waals surface area (Å²) in [6, 6.07) is 7.83. The van der Waals surface area contributed by atoms with Gasteiger partial charge in [-0.05, 0) is 36.6 Å². The summed E-state index contributed by atoms with van der Waals surface area (Å²) < 4.78 is 33.0. The second-order valence-electron chi connectivity index (χ2n) is 8.29. The van der Waals surface area contributed by atoms with Crippen molar-refractivity contribution in [2.24, 2.45) is 11.7 Å². The van der Waals surface area contributed by atoms with Crippen LogP contribution in [0.25, 0.3) is 0 Å². The lowest BCUT2D eigenvalue weighted by Crippen LogP contribution is -2.27. The van der Waals surface area contributed by atoms with Crippen LogP contribution in [-0.4, -0.2) is 46.0 Å². The van der Waals surface area contributed by atoms with Crippen molar-refractivity contribution in [1.29, 1.82) is 0 Å². The van der Waals surface area contributed by atoms with Gasteiger partial charge in [-0.15, -0.1) is 11.3 Å². The number of nitrogens with one attached hydrogen (secondary N) is 2. The number of benzene rings is 1. The van der Waals surface area contributed by atoms with Gasteiger partial charge in [0.15, 0.2) is 0 Å². The maximum Gasteiger partial charge on any atom is 0.333 e. The Bertz CT molecular complexity index is 1370. The van der Waals surface area contributed by atoms with Crippen LogP contribution < -0.4 is 15.8 Å². The highest BCUT2D eigenvalue weighted by Gasteiger charge is 2.34. The maximum absolute atomic E-state index is 13.4. The van der Waals surface area contributed by atoms with Crippen LogP contribution >= 0.6 is 34.5 Å². The number of carbonyl (C=O) groups excluding carboxylic acids is 1. The van der Waals surface area contributed by atoms with Gasteiger partial charge in [0.1, 0.15) is 12.1 Å². The van der Waals surface area contributed by atoms with Gasteiger partial charge < -0.3 is 16.2 Å². The van der Waals surface area contributed by atoms with Crippen molar-refractivity contribution >= 4 is 56.4 Å². The summed E-state index contributed by atoms with van der Waals surface area (Å²) in [4.78, 5) is 21.9. The molecule has 10 nitrogen and oxygen atoms in total. The number of carbonyl (C=O) groups is 1. The van der Waals surface area contributed by atoms with E-state index in [-0.39, 0.29) is 29.6 Å². The van der Waals surface area contributed by atoms with E-state index in [1.165, 1.54) is 12.5 Å². The van der Waals surface area contributed by atoms with E-state index in [1.807, 2.05) is 10.8 Å². The fourth-order valence-electron chi connectivity index (χ4n) is 4.04. The summed E-state index contributed by atoms with van der Waals surface area (Å²) >= 11 is 13.6. The van der Waals surface area contributed by atoms with Gasteiger partial charge in [-0.2, -0.15) is 13.1 Å². The molecule has 3 aromatic rings. The van der Waals surface area contributed by atoms with Crippen LogP contribution in [-0.2, 0) is 10.3 Å². The molecule has 1 radical (unpaired) electrons. The number of thiophene rings is 1. The van der Waals surface area contributed by atoms with Crippen LogP contribution in [0.3, 0.4) is 0 Å². The van der Waals surface area contributed by atoms with Crippen molar-refractivity contribution in [1.82, 2.24) is 14.7 Å². The van der Waals surface area contributed by atoms with Gasteiger partial charge in [-0.3, -0.25) is 9.35 Å². The predicted octanol–water partition coefficient (Wildman–Crippen LogP) is 3.23. The van der Waals surface area contributed by atoms with Gasteiger partial charge in [0.05, 0.1) is 26.9 Å². The number of hydrogen-bond acceptors (Lipinski definition) is 9. The molecule has 2 aromatic heterocycles. The molecule has 0 amide bonds. The lowest BCUT2D eigenvalue weighted by atomic mass is 10.0. The second kappa shape index (κ2) is 11.1. The molecule has 0 aliphatic heterocycles. The Hall–Kier alpha value is -2.16. The van der Waals surface area contributed by atoms with Gasteiger partial charge in [0, 0.05) is 35.3 Å². The van der Waals surface area contributed by atoms with Crippen LogP contribution in [0.15, 0.2) is 42.9 Å². The number of rotatable bonds is 9. The molecule has 36 heavy (non-hydrogen) atoms. The second-order valence-corrected chi connectivity index (χ2v) is 11.6. The van der Waals surface area contributed by atoms with Gasteiger partial charge in [-0.25, -0.2) is 9.97 Å². The normalized spacial score (nSPS) is 20.9. The molecule has 14 heteroatoms. The molecule has 1 aliphatic rings. The van der Waals surface area contributed by atoms with Crippen molar-refractivity contribution in [3.05, 3.63) is 80.3 Å². The number of aromatic nitrogens is 2. The quantitative estimate of drug-likeness (QED) is 0.191. The third kappa shape index (κ3) is 6.39. The van der Waals surface area contributed by atoms with E-state index in [9.17, 15) is 18.3 Å². The summed E-state index contributed by atoms with van der Waals surface area (Å²) in [6.07, 6.45) is 2.43. The average Bonchev–Trinajstić information content (AvgIpc) is 3.38. The molecule has 1 fully saturated rings. The number of aliphatic hydroxyl groups is 1. The van der Waals surface area contributed by atoms with Crippen LogP contribution in [0.5, 0.6) is 0 Å². The molecular formula is C22H22Cl2N5O5S2. The van der Waals surface area contributed by atoms with Gasteiger partial charge in [-0.1, -0.05) is 35.3 Å². The molecule has 191 valence electrons. The number of halogens is 2. The Labute approximate surface area is 221 Å². The minimum absolute atomic E-state index is 0.205. The third-order valence-corrected chi connectivity index (χ3v) is 7.84. The number of hydrogen-bond donors (Lipinski definition) is 5. The molecule has 4 rings (SSSR count). The van der Waals surface area contributed by atoms with Crippen LogP contribution in [0.4, 0.5) is 5.82 Å². The van der Waals surface area contributed by atoms with Crippen LogP contribution in [0, 0.1) is 12.5 Å². The Morgan fingerprint density at radius 3 is 2.78 bits per heavy atom. The van der Waals surface area contributed by atoms with E-state index >= 15 is 0 Å². The van der Waals surface area contributed by atoms with Gasteiger partial charge in [0.2, 0.25) is 5.78 Å². The first-order valence-electron chi connectivity index (χ1n) is 10.7. The maximum atomic E-state index is 13.4. The summed E-state index contributed by atoms with van der Waals surface area (Å²) in [5, 5.41) is 13.9. The Morgan fingerprint density at radius 1 is 1.28 bits per heavy atom. The fourth-order valence-corrected chi connectivity index (χ4v) is 5.89. The summed E-state index contributed by atoms with van der Waals surface area (Å²) in [7, 11) is -4.42. The molecule has 0 spiro atoms. The zero-order valence-electron chi connectivity index (χ0n) is 18.5. The van der Waals surface area contributed by atoms with Crippen molar-refractivity contribution in [3.8, 4) is 0 Å². The first-order valence-corrected chi connectivity index (χ1v) is 13.7.